The van der Waals surface area contributed by atoms with Crippen LogP contribution in [0.4, 0.5) is 22.0 Å². The van der Waals surface area contributed by atoms with Crippen LogP contribution < -0.4 is 5.32 Å². The molecule has 2 heterocycles. The molecule has 0 aliphatic heterocycles. The van der Waals surface area contributed by atoms with Gasteiger partial charge in [0.1, 0.15) is 23.2 Å². The number of carbonyl (C=O) groups is 1. The molecule has 2 aromatic heterocycles. The van der Waals surface area contributed by atoms with Crippen molar-refractivity contribution < 1.29 is 26.7 Å². The summed E-state index contributed by atoms with van der Waals surface area (Å²) in [6, 6.07) is 3.50. The van der Waals surface area contributed by atoms with Crippen molar-refractivity contribution in [1.82, 2.24) is 25.3 Å². The first-order valence-corrected chi connectivity index (χ1v) is 9.50. The normalized spacial score (nSPS) is 12.7. The van der Waals surface area contributed by atoms with E-state index >= 15 is 0 Å². The Kier molecular flexibility index (Phi) is 6.47. The Morgan fingerprint density at radius 3 is 2.22 bits per heavy atom. The predicted molar refractivity (Wildman–Crippen MR) is 104 cm³/mol. The summed E-state index contributed by atoms with van der Waals surface area (Å²) in [6.07, 6.45) is -2.73. The number of aromatic nitrogens is 4. The van der Waals surface area contributed by atoms with Crippen molar-refractivity contribution in [3.8, 4) is 11.3 Å². The van der Waals surface area contributed by atoms with Crippen molar-refractivity contribution in [2.45, 2.75) is 38.9 Å². The molecule has 0 aliphatic rings. The van der Waals surface area contributed by atoms with E-state index in [2.05, 4.69) is 25.3 Å². The fourth-order valence-electron chi connectivity index (χ4n) is 2.74. The average molecular weight is 451 g/mol. The number of benzene rings is 1. The molecule has 3 aromatic rings. The van der Waals surface area contributed by atoms with Gasteiger partial charge in [-0.05, 0) is 25.1 Å². The minimum absolute atomic E-state index is 0.00561. The van der Waals surface area contributed by atoms with Crippen LogP contribution in [0.2, 0.25) is 0 Å². The Balaban J connectivity index is 1.89. The highest BCUT2D eigenvalue weighted by molar-refractivity contribution is 5.93. The summed E-state index contributed by atoms with van der Waals surface area (Å²) >= 11 is 0. The van der Waals surface area contributed by atoms with Gasteiger partial charge in [0.05, 0.1) is 11.7 Å². The highest BCUT2D eigenvalue weighted by atomic mass is 19.4. The fourth-order valence-corrected chi connectivity index (χ4v) is 2.74. The van der Waals surface area contributed by atoms with Gasteiger partial charge >= 0.3 is 6.18 Å². The highest BCUT2D eigenvalue weighted by Gasteiger charge is 2.34. The largest absolute Gasteiger partial charge is 0.451 e. The summed E-state index contributed by atoms with van der Waals surface area (Å²) in [7, 11) is 0. The maximum Gasteiger partial charge on any atom is 0.451 e. The second-order valence-corrected chi connectivity index (χ2v) is 7.31. The van der Waals surface area contributed by atoms with Gasteiger partial charge in [0.2, 0.25) is 5.82 Å². The topological polar surface area (TPSA) is 80.7 Å². The molecule has 0 fully saturated rings. The van der Waals surface area contributed by atoms with Crippen molar-refractivity contribution in [3.05, 3.63) is 71.2 Å². The second kappa shape index (κ2) is 8.93. The van der Waals surface area contributed by atoms with E-state index in [-0.39, 0.29) is 34.3 Å². The summed E-state index contributed by atoms with van der Waals surface area (Å²) < 4.78 is 65.4. The second-order valence-electron chi connectivity index (χ2n) is 7.31. The molecule has 0 saturated carbocycles. The third kappa shape index (κ3) is 5.21. The van der Waals surface area contributed by atoms with Crippen LogP contribution in [0.3, 0.4) is 0 Å². The maximum atomic E-state index is 14.3. The van der Waals surface area contributed by atoms with E-state index in [0.29, 0.717) is 6.07 Å². The lowest BCUT2D eigenvalue weighted by Gasteiger charge is -2.15. The molecule has 32 heavy (non-hydrogen) atoms. The van der Waals surface area contributed by atoms with E-state index in [9.17, 15) is 26.7 Å². The lowest BCUT2D eigenvalue weighted by atomic mass is 10.1. The highest BCUT2D eigenvalue weighted by Crippen LogP contribution is 2.27. The summed E-state index contributed by atoms with van der Waals surface area (Å²) in [6.45, 7) is 5.10. The van der Waals surface area contributed by atoms with E-state index in [1.807, 2.05) is 0 Å². The van der Waals surface area contributed by atoms with Crippen LogP contribution in [0, 0.1) is 11.6 Å². The minimum Gasteiger partial charge on any atom is -0.344 e. The lowest BCUT2D eigenvalue weighted by molar-refractivity contribution is -0.145. The number of carbonyl (C=O) groups excluding carboxylic acids is 1. The Labute approximate surface area is 180 Å². The average Bonchev–Trinajstić information content (AvgIpc) is 2.72. The fraction of sp³-hybridized carbons (Fsp3) is 0.286. The first kappa shape index (κ1) is 23.2. The quantitative estimate of drug-likeness (QED) is 0.562. The SMILES string of the molecule is CC(C)c1nc(C(=O)N[C@H](C)c2cnc(C(F)(F)F)nc2)cc(-c2ccc(F)cc2F)n1. The van der Waals surface area contributed by atoms with Crippen LogP contribution in [-0.4, -0.2) is 25.8 Å². The van der Waals surface area contributed by atoms with Gasteiger partial charge in [-0.2, -0.15) is 13.2 Å². The van der Waals surface area contributed by atoms with Crippen molar-refractivity contribution in [1.29, 1.82) is 0 Å². The maximum absolute atomic E-state index is 14.3. The Bertz CT molecular complexity index is 1130. The van der Waals surface area contributed by atoms with Crippen LogP contribution in [0.5, 0.6) is 0 Å². The molecule has 1 atom stereocenters. The number of nitrogens with zero attached hydrogens (tertiary/aromatic N) is 4. The van der Waals surface area contributed by atoms with Gasteiger partial charge in [-0.1, -0.05) is 13.8 Å². The monoisotopic (exact) mass is 451 g/mol. The zero-order valence-electron chi connectivity index (χ0n) is 17.2. The van der Waals surface area contributed by atoms with Crippen LogP contribution in [0.15, 0.2) is 36.7 Å². The molecule has 1 amide bonds. The number of rotatable bonds is 5. The van der Waals surface area contributed by atoms with Gasteiger partial charge in [-0.15, -0.1) is 0 Å². The molecule has 0 unspecified atom stereocenters. The van der Waals surface area contributed by atoms with Gasteiger partial charge in [0.15, 0.2) is 0 Å². The summed E-state index contributed by atoms with van der Waals surface area (Å²) in [4.78, 5) is 27.8. The Morgan fingerprint density at radius 1 is 1.00 bits per heavy atom. The lowest BCUT2D eigenvalue weighted by Crippen LogP contribution is -2.28. The number of halogens is 5. The first-order chi connectivity index (χ1) is 15.0. The Hall–Kier alpha value is -3.50. The van der Waals surface area contributed by atoms with Crippen molar-refractivity contribution >= 4 is 5.91 Å². The zero-order chi connectivity index (χ0) is 23.6. The molecule has 0 radical (unpaired) electrons. The minimum atomic E-state index is -4.68. The van der Waals surface area contributed by atoms with E-state index in [4.69, 9.17) is 0 Å². The number of hydrogen-bond acceptors (Lipinski definition) is 5. The van der Waals surface area contributed by atoms with Gasteiger partial charge in [-0.3, -0.25) is 4.79 Å². The van der Waals surface area contributed by atoms with Crippen LogP contribution >= 0.6 is 0 Å². The van der Waals surface area contributed by atoms with Crippen molar-refractivity contribution in [2.75, 3.05) is 0 Å². The smallest absolute Gasteiger partial charge is 0.344 e. The van der Waals surface area contributed by atoms with Crippen molar-refractivity contribution in [3.63, 3.8) is 0 Å². The first-order valence-electron chi connectivity index (χ1n) is 9.50. The van der Waals surface area contributed by atoms with Gasteiger partial charge < -0.3 is 5.32 Å². The standard InChI is InChI=1S/C21H18F5N5O/c1-10(2)18-30-16(14-5-4-13(22)6-15(14)23)7-17(31-18)19(32)29-11(3)12-8-27-20(28-9-12)21(24,25)26/h4-11H,1-3H3,(H,29,32)/t11-/m1/s1. The van der Waals surface area contributed by atoms with Gasteiger partial charge in [-0.25, -0.2) is 28.7 Å². The van der Waals surface area contributed by atoms with E-state index in [1.165, 1.54) is 19.1 Å². The number of nitrogens with one attached hydrogen (secondary N) is 1. The molecule has 0 aliphatic carbocycles. The molecule has 168 valence electrons. The molecule has 1 aromatic carbocycles. The van der Waals surface area contributed by atoms with Crippen LogP contribution in [0.1, 0.15) is 60.4 Å². The van der Waals surface area contributed by atoms with Crippen LogP contribution in [0.25, 0.3) is 11.3 Å². The molecule has 1 N–H and O–H groups in total. The number of alkyl halides is 3. The molecule has 0 spiro atoms. The van der Waals surface area contributed by atoms with E-state index in [0.717, 1.165) is 18.5 Å². The number of amides is 1. The Morgan fingerprint density at radius 2 is 1.66 bits per heavy atom. The third-order valence-corrected chi connectivity index (χ3v) is 4.47. The molecule has 0 bridgehead atoms. The van der Waals surface area contributed by atoms with Crippen LogP contribution in [-0.2, 0) is 6.18 Å². The molecular weight excluding hydrogens is 433 g/mol. The van der Waals surface area contributed by atoms with E-state index < -0.39 is 35.6 Å². The summed E-state index contributed by atoms with van der Waals surface area (Å²) in [5, 5.41) is 2.60. The van der Waals surface area contributed by atoms with Gasteiger partial charge in [0, 0.05) is 35.5 Å². The molecule has 6 nitrogen and oxygen atoms in total. The van der Waals surface area contributed by atoms with Gasteiger partial charge in [0.25, 0.3) is 5.91 Å². The molecule has 11 heteroatoms. The van der Waals surface area contributed by atoms with E-state index in [1.54, 1.807) is 13.8 Å². The predicted octanol–water partition coefficient (Wildman–Crippen LogP) is 4.85. The number of hydrogen-bond donors (Lipinski definition) is 1. The third-order valence-electron chi connectivity index (χ3n) is 4.47. The zero-order valence-corrected chi connectivity index (χ0v) is 17.2. The molecular formula is C21H18F5N5O. The molecule has 3 rings (SSSR count). The van der Waals surface area contributed by atoms with Crippen molar-refractivity contribution in [2.24, 2.45) is 0 Å². The summed E-state index contributed by atoms with van der Waals surface area (Å²) in [5.74, 6) is -3.49. The summed E-state index contributed by atoms with van der Waals surface area (Å²) in [5.41, 5.74) is 0.252. The molecule has 0 saturated heterocycles.